The molecule has 5 heteroatoms. The predicted molar refractivity (Wildman–Crippen MR) is 77.3 cm³/mol. The van der Waals surface area contributed by atoms with Gasteiger partial charge in [-0.15, -0.1) is 0 Å². The molecule has 0 amide bonds. The summed E-state index contributed by atoms with van der Waals surface area (Å²) in [4.78, 5) is 14.7. The van der Waals surface area contributed by atoms with Gasteiger partial charge in [0.2, 0.25) is 0 Å². The molecule has 1 aliphatic rings. The largest absolute Gasteiger partial charge is 0.363 e. The van der Waals surface area contributed by atoms with E-state index in [1.54, 1.807) is 0 Å². The van der Waals surface area contributed by atoms with Crippen LogP contribution in [0, 0.1) is 0 Å². The highest BCUT2D eigenvalue weighted by Gasteiger charge is 2.19. The average molecular weight is 262 g/mol. The molecule has 4 nitrogen and oxygen atoms in total. The van der Waals surface area contributed by atoms with E-state index in [2.05, 4.69) is 21.0 Å². The number of hydrogen-bond acceptors (Lipinski definition) is 4. The molecule has 18 heavy (non-hydrogen) atoms. The lowest BCUT2D eigenvalue weighted by molar-refractivity contribution is 0.668. The van der Waals surface area contributed by atoms with Crippen LogP contribution < -0.4 is 4.90 Å². The minimum absolute atomic E-state index is 0.524. The molecular formula is C13H18N4S. The minimum Gasteiger partial charge on any atom is -0.363 e. The number of rotatable bonds is 2. The smallest absolute Gasteiger partial charge is 0.179 e. The molecule has 1 saturated heterocycles. The molecule has 0 spiro atoms. The van der Waals surface area contributed by atoms with Crippen molar-refractivity contribution in [1.82, 2.24) is 15.0 Å². The summed E-state index contributed by atoms with van der Waals surface area (Å²) in [5, 5.41) is 0.524. The highest BCUT2D eigenvalue weighted by molar-refractivity contribution is 7.99. The van der Waals surface area contributed by atoms with E-state index < -0.39 is 0 Å². The second kappa shape index (κ2) is 4.80. The lowest BCUT2D eigenvalue weighted by atomic mass is 10.2. The summed E-state index contributed by atoms with van der Waals surface area (Å²) in [6, 6.07) is 4.10. The molecule has 1 N–H and O–H groups in total. The third kappa shape index (κ3) is 2.19. The van der Waals surface area contributed by atoms with Crippen LogP contribution in [0.25, 0.3) is 11.2 Å². The monoisotopic (exact) mass is 262 g/mol. The Balaban J connectivity index is 1.94. The van der Waals surface area contributed by atoms with Crippen molar-refractivity contribution in [2.45, 2.75) is 24.5 Å². The maximum absolute atomic E-state index is 4.67. The van der Waals surface area contributed by atoms with Crippen molar-refractivity contribution in [1.29, 1.82) is 0 Å². The quantitative estimate of drug-likeness (QED) is 0.903. The Kier molecular flexibility index (Phi) is 3.16. The number of aromatic nitrogens is 3. The molecule has 1 unspecified atom stereocenters. The first kappa shape index (κ1) is 11.8. The minimum atomic E-state index is 0.524. The number of pyridine rings is 1. The summed E-state index contributed by atoms with van der Waals surface area (Å²) >= 11 is 2.01. The van der Waals surface area contributed by atoms with E-state index in [9.17, 15) is 0 Å². The SMILES string of the molecule is CN(C)c1ccc2[nH]c(C3CCCCS3)nc2n1. The zero-order valence-corrected chi connectivity index (χ0v) is 11.6. The fourth-order valence-corrected chi connectivity index (χ4v) is 3.52. The van der Waals surface area contributed by atoms with Crippen molar-refractivity contribution in [3.8, 4) is 0 Å². The van der Waals surface area contributed by atoms with Gasteiger partial charge in [0.05, 0.1) is 10.8 Å². The van der Waals surface area contributed by atoms with Gasteiger partial charge in [-0.05, 0) is 30.7 Å². The Labute approximate surface area is 111 Å². The van der Waals surface area contributed by atoms with E-state index in [-0.39, 0.29) is 0 Å². The Bertz CT molecular complexity index is 543. The fourth-order valence-electron chi connectivity index (χ4n) is 2.26. The summed E-state index contributed by atoms with van der Waals surface area (Å²) in [6.45, 7) is 0. The Morgan fingerprint density at radius 3 is 2.89 bits per heavy atom. The highest BCUT2D eigenvalue weighted by Crippen LogP contribution is 2.37. The first-order chi connectivity index (χ1) is 8.74. The summed E-state index contributed by atoms with van der Waals surface area (Å²) in [5.74, 6) is 3.30. The fraction of sp³-hybridized carbons (Fsp3) is 0.538. The standard InChI is InChI=1S/C13H18N4S/c1-17(2)11-7-6-9-12(15-11)16-13(14-9)10-5-3-4-8-18-10/h6-7,10H,3-5,8H2,1-2H3,(H,14,15,16). The molecule has 96 valence electrons. The van der Waals surface area contributed by atoms with E-state index >= 15 is 0 Å². The second-order valence-electron chi connectivity index (χ2n) is 4.91. The lowest BCUT2D eigenvalue weighted by Crippen LogP contribution is -2.10. The first-order valence-electron chi connectivity index (χ1n) is 6.39. The van der Waals surface area contributed by atoms with Gasteiger partial charge < -0.3 is 9.88 Å². The normalized spacial score (nSPS) is 20.2. The molecule has 1 fully saturated rings. The number of anilines is 1. The second-order valence-corrected chi connectivity index (χ2v) is 6.22. The van der Waals surface area contributed by atoms with Crippen LogP contribution in [0.4, 0.5) is 5.82 Å². The van der Waals surface area contributed by atoms with Gasteiger partial charge in [-0.1, -0.05) is 6.42 Å². The van der Waals surface area contributed by atoms with Crippen molar-refractivity contribution in [3.63, 3.8) is 0 Å². The molecule has 2 aromatic rings. The predicted octanol–water partition coefficient (Wildman–Crippen LogP) is 2.98. The van der Waals surface area contributed by atoms with Crippen LogP contribution in [0.2, 0.25) is 0 Å². The number of imidazole rings is 1. The molecule has 3 heterocycles. The Morgan fingerprint density at radius 1 is 1.28 bits per heavy atom. The van der Waals surface area contributed by atoms with Crippen LogP contribution >= 0.6 is 11.8 Å². The molecule has 0 saturated carbocycles. The number of nitrogens with zero attached hydrogens (tertiary/aromatic N) is 3. The molecule has 1 aliphatic heterocycles. The van der Waals surface area contributed by atoms with Crippen LogP contribution in [-0.2, 0) is 0 Å². The maximum Gasteiger partial charge on any atom is 0.179 e. The Hall–Kier alpha value is -1.23. The van der Waals surface area contributed by atoms with E-state index in [4.69, 9.17) is 0 Å². The van der Waals surface area contributed by atoms with E-state index in [0.717, 1.165) is 22.8 Å². The molecule has 2 aromatic heterocycles. The zero-order valence-electron chi connectivity index (χ0n) is 10.8. The van der Waals surface area contributed by atoms with Crippen molar-refractivity contribution >= 4 is 28.7 Å². The van der Waals surface area contributed by atoms with Gasteiger partial charge in [0.15, 0.2) is 5.65 Å². The number of fused-ring (bicyclic) bond motifs is 1. The lowest BCUT2D eigenvalue weighted by Gasteiger charge is -2.18. The van der Waals surface area contributed by atoms with Gasteiger partial charge in [0, 0.05) is 14.1 Å². The number of H-pyrrole nitrogens is 1. The third-order valence-corrected chi connectivity index (χ3v) is 4.68. The molecule has 0 aliphatic carbocycles. The van der Waals surface area contributed by atoms with Gasteiger partial charge in [0.25, 0.3) is 0 Å². The summed E-state index contributed by atoms with van der Waals surface area (Å²) in [5.41, 5.74) is 1.88. The number of hydrogen-bond donors (Lipinski definition) is 1. The molecular weight excluding hydrogens is 244 g/mol. The van der Waals surface area contributed by atoms with Crippen molar-refractivity contribution < 1.29 is 0 Å². The van der Waals surface area contributed by atoms with E-state index in [0.29, 0.717) is 5.25 Å². The molecule has 0 bridgehead atoms. The molecule has 0 aromatic carbocycles. The van der Waals surface area contributed by atoms with Crippen LogP contribution in [0.1, 0.15) is 30.3 Å². The van der Waals surface area contributed by atoms with Crippen LogP contribution in [0.5, 0.6) is 0 Å². The topological polar surface area (TPSA) is 44.8 Å². The van der Waals surface area contributed by atoms with Gasteiger partial charge in [0.1, 0.15) is 11.6 Å². The highest BCUT2D eigenvalue weighted by atomic mass is 32.2. The first-order valence-corrected chi connectivity index (χ1v) is 7.44. The maximum atomic E-state index is 4.67. The van der Waals surface area contributed by atoms with Gasteiger partial charge >= 0.3 is 0 Å². The molecule has 1 atom stereocenters. The molecule has 3 rings (SSSR count). The van der Waals surface area contributed by atoms with Crippen molar-refractivity contribution in [3.05, 3.63) is 18.0 Å². The van der Waals surface area contributed by atoms with Gasteiger partial charge in [-0.3, -0.25) is 0 Å². The Morgan fingerprint density at radius 2 is 2.17 bits per heavy atom. The van der Waals surface area contributed by atoms with E-state index in [1.165, 1.54) is 25.0 Å². The van der Waals surface area contributed by atoms with Crippen LogP contribution in [-0.4, -0.2) is 34.8 Å². The molecule has 0 radical (unpaired) electrons. The van der Waals surface area contributed by atoms with E-state index in [1.807, 2.05) is 36.8 Å². The summed E-state index contributed by atoms with van der Waals surface area (Å²) in [7, 11) is 4.00. The summed E-state index contributed by atoms with van der Waals surface area (Å²) < 4.78 is 0. The number of aromatic amines is 1. The van der Waals surface area contributed by atoms with Crippen molar-refractivity contribution in [2.75, 3.05) is 24.7 Å². The third-order valence-electron chi connectivity index (χ3n) is 3.29. The summed E-state index contributed by atoms with van der Waals surface area (Å²) in [6.07, 6.45) is 3.88. The number of nitrogens with one attached hydrogen (secondary N) is 1. The van der Waals surface area contributed by atoms with Crippen LogP contribution in [0.3, 0.4) is 0 Å². The zero-order chi connectivity index (χ0) is 12.5. The number of thioether (sulfide) groups is 1. The van der Waals surface area contributed by atoms with Gasteiger partial charge in [-0.25, -0.2) is 9.97 Å². The van der Waals surface area contributed by atoms with Crippen LogP contribution in [0.15, 0.2) is 12.1 Å². The average Bonchev–Trinajstić information content (AvgIpc) is 2.82. The van der Waals surface area contributed by atoms with Gasteiger partial charge in [-0.2, -0.15) is 11.8 Å². The van der Waals surface area contributed by atoms with Crippen molar-refractivity contribution in [2.24, 2.45) is 0 Å².